The lowest BCUT2D eigenvalue weighted by molar-refractivity contribution is -0.117. The van der Waals surface area contributed by atoms with E-state index in [0.717, 1.165) is 12.0 Å². The van der Waals surface area contributed by atoms with E-state index in [1.54, 1.807) is 11.3 Å². The lowest BCUT2D eigenvalue weighted by atomic mass is 10.0. The van der Waals surface area contributed by atoms with Crippen LogP contribution in [0.25, 0.3) is 11.1 Å². The summed E-state index contributed by atoms with van der Waals surface area (Å²) in [5, 5.41) is 4.19. The fraction of sp³-hybridized carbons (Fsp3) is 0.154. The number of nitrogens with two attached hydrogens (primary N) is 1. The number of rotatable bonds is 4. The minimum absolute atomic E-state index is 0.248. The van der Waals surface area contributed by atoms with Crippen LogP contribution in [0, 0.1) is 0 Å². The van der Waals surface area contributed by atoms with Gasteiger partial charge in [-0.2, -0.15) is 11.3 Å². The van der Waals surface area contributed by atoms with Gasteiger partial charge in [-0.25, -0.2) is 0 Å². The van der Waals surface area contributed by atoms with E-state index < -0.39 is 0 Å². The molecule has 1 heterocycles. The lowest BCUT2D eigenvalue weighted by Gasteiger charge is -2.01. The molecule has 0 aliphatic heterocycles. The molecule has 1 aromatic carbocycles. The summed E-state index contributed by atoms with van der Waals surface area (Å²) in [6, 6.07) is 10.4. The summed E-state index contributed by atoms with van der Waals surface area (Å²) in [5.74, 6) is -0.248. The van der Waals surface area contributed by atoms with Gasteiger partial charge in [-0.1, -0.05) is 24.3 Å². The van der Waals surface area contributed by atoms with Crippen LogP contribution in [0.15, 0.2) is 41.1 Å². The number of carbonyl (C=O) groups is 1. The Morgan fingerprint density at radius 2 is 1.88 bits per heavy atom. The Hall–Kier alpha value is -1.61. The second kappa shape index (κ2) is 4.94. The third kappa shape index (κ3) is 2.70. The van der Waals surface area contributed by atoms with Crippen LogP contribution < -0.4 is 5.73 Å². The Kier molecular flexibility index (Phi) is 3.37. The van der Waals surface area contributed by atoms with E-state index in [4.69, 9.17) is 5.73 Å². The Morgan fingerprint density at radius 3 is 2.44 bits per heavy atom. The molecular weight excluding hydrogens is 218 g/mol. The number of carbonyl (C=O) groups excluding carboxylic acids is 1. The predicted molar refractivity (Wildman–Crippen MR) is 67.3 cm³/mol. The zero-order chi connectivity index (χ0) is 11.4. The molecule has 2 N–H and O–H groups in total. The van der Waals surface area contributed by atoms with E-state index in [1.807, 2.05) is 0 Å². The molecule has 0 saturated heterocycles. The molecular formula is C13H13NOS. The first-order valence-corrected chi connectivity index (χ1v) is 6.10. The van der Waals surface area contributed by atoms with Gasteiger partial charge < -0.3 is 5.73 Å². The van der Waals surface area contributed by atoms with Crippen LogP contribution in [0.5, 0.6) is 0 Å². The maximum Gasteiger partial charge on any atom is 0.217 e. The monoisotopic (exact) mass is 231 g/mol. The van der Waals surface area contributed by atoms with Crippen molar-refractivity contribution in [3.8, 4) is 11.1 Å². The zero-order valence-corrected chi connectivity index (χ0v) is 9.67. The normalized spacial score (nSPS) is 10.2. The Morgan fingerprint density at radius 1 is 1.12 bits per heavy atom. The topological polar surface area (TPSA) is 43.1 Å². The van der Waals surface area contributed by atoms with Gasteiger partial charge >= 0.3 is 0 Å². The van der Waals surface area contributed by atoms with Gasteiger partial charge in [0, 0.05) is 6.42 Å². The first-order chi connectivity index (χ1) is 7.75. The number of benzene rings is 1. The number of aryl methyl sites for hydroxylation is 1. The summed E-state index contributed by atoms with van der Waals surface area (Å²) in [6.45, 7) is 0. The smallest absolute Gasteiger partial charge is 0.217 e. The summed E-state index contributed by atoms with van der Waals surface area (Å²) in [5.41, 5.74) is 8.71. The molecule has 2 nitrogen and oxygen atoms in total. The van der Waals surface area contributed by atoms with Crippen molar-refractivity contribution >= 4 is 17.2 Å². The van der Waals surface area contributed by atoms with Gasteiger partial charge in [0.05, 0.1) is 0 Å². The van der Waals surface area contributed by atoms with E-state index >= 15 is 0 Å². The summed E-state index contributed by atoms with van der Waals surface area (Å²) in [4.78, 5) is 10.6. The van der Waals surface area contributed by atoms with Crippen LogP contribution in [0.4, 0.5) is 0 Å². The summed E-state index contributed by atoms with van der Waals surface area (Å²) < 4.78 is 0. The molecule has 0 aliphatic carbocycles. The molecule has 2 rings (SSSR count). The van der Waals surface area contributed by atoms with Crippen LogP contribution >= 0.6 is 11.3 Å². The maximum absolute atomic E-state index is 10.6. The maximum atomic E-state index is 10.6. The molecule has 82 valence electrons. The molecule has 0 aliphatic rings. The average molecular weight is 231 g/mol. The number of hydrogen-bond donors (Lipinski definition) is 1. The van der Waals surface area contributed by atoms with Crippen LogP contribution in [-0.2, 0) is 11.2 Å². The number of primary amides is 1. The third-order valence-electron chi connectivity index (χ3n) is 2.47. The van der Waals surface area contributed by atoms with E-state index in [1.165, 1.54) is 11.1 Å². The molecule has 0 saturated carbocycles. The SMILES string of the molecule is NC(=O)CCc1ccc(-c2ccsc2)cc1. The molecule has 2 aromatic rings. The number of hydrogen-bond acceptors (Lipinski definition) is 2. The van der Waals surface area contributed by atoms with Gasteiger partial charge in [-0.05, 0) is 39.9 Å². The number of amides is 1. The molecule has 0 spiro atoms. The zero-order valence-electron chi connectivity index (χ0n) is 8.85. The largest absolute Gasteiger partial charge is 0.370 e. The summed E-state index contributed by atoms with van der Waals surface area (Å²) in [6.07, 6.45) is 1.14. The van der Waals surface area contributed by atoms with Crippen molar-refractivity contribution in [3.05, 3.63) is 46.7 Å². The van der Waals surface area contributed by atoms with Crippen molar-refractivity contribution in [2.75, 3.05) is 0 Å². The lowest BCUT2D eigenvalue weighted by Crippen LogP contribution is -2.11. The van der Waals surface area contributed by atoms with E-state index in [-0.39, 0.29) is 5.91 Å². The van der Waals surface area contributed by atoms with Crippen LogP contribution in [-0.4, -0.2) is 5.91 Å². The highest BCUT2D eigenvalue weighted by Gasteiger charge is 2.00. The van der Waals surface area contributed by atoms with Crippen LogP contribution in [0.3, 0.4) is 0 Å². The minimum atomic E-state index is -0.248. The van der Waals surface area contributed by atoms with Gasteiger partial charge in [0.1, 0.15) is 0 Å². The fourth-order valence-electron chi connectivity index (χ4n) is 1.56. The first kappa shape index (κ1) is 10.9. The van der Waals surface area contributed by atoms with Gasteiger partial charge in [-0.3, -0.25) is 4.79 Å². The van der Waals surface area contributed by atoms with Crippen molar-refractivity contribution in [3.63, 3.8) is 0 Å². The highest BCUT2D eigenvalue weighted by atomic mass is 32.1. The highest BCUT2D eigenvalue weighted by molar-refractivity contribution is 7.08. The first-order valence-electron chi connectivity index (χ1n) is 5.15. The minimum Gasteiger partial charge on any atom is -0.370 e. The predicted octanol–water partition coefficient (Wildman–Crippen LogP) is 2.83. The van der Waals surface area contributed by atoms with Crippen molar-refractivity contribution in [1.82, 2.24) is 0 Å². The number of thiophene rings is 1. The van der Waals surface area contributed by atoms with Gasteiger partial charge in [0.15, 0.2) is 0 Å². The van der Waals surface area contributed by atoms with Crippen molar-refractivity contribution in [1.29, 1.82) is 0 Å². The van der Waals surface area contributed by atoms with Crippen molar-refractivity contribution < 1.29 is 4.79 Å². The van der Waals surface area contributed by atoms with Crippen LogP contribution in [0.1, 0.15) is 12.0 Å². The molecule has 0 fully saturated rings. The average Bonchev–Trinajstić information content (AvgIpc) is 2.80. The molecule has 0 radical (unpaired) electrons. The van der Waals surface area contributed by atoms with Crippen LogP contribution in [0.2, 0.25) is 0 Å². The van der Waals surface area contributed by atoms with E-state index in [2.05, 4.69) is 41.1 Å². The summed E-state index contributed by atoms with van der Waals surface area (Å²) >= 11 is 1.69. The molecule has 0 unspecified atom stereocenters. The summed E-state index contributed by atoms with van der Waals surface area (Å²) in [7, 11) is 0. The van der Waals surface area contributed by atoms with Crippen molar-refractivity contribution in [2.45, 2.75) is 12.8 Å². The highest BCUT2D eigenvalue weighted by Crippen LogP contribution is 2.22. The second-order valence-corrected chi connectivity index (χ2v) is 4.46. The fourth-order valence-corrected chi connectivity index (χ4v) is 2.23. The van der Waals surface area contributed by atoms with Gasteiger partial charge in [0.25, 0.3) is 0 Å². The molecule has 0 atom stereocenters. The quantitative estimate of drug-likeness (QED) is 0.863. The third-order valence-corrected chi connectivity index (χ3v) is 3.15. The van der Waals surface area contributed by atoms with Gasteiger partial charge in [0.2, 0.25) is 5.91 Å². The molecule has 1 amide bonds. The Balaban J connectivity index is 2.08. The standard InChI is InChI=1S/C13H13NOS/c14-13(15)6-3-10-1-4-11(5-2-10)12-7-8-16-9-12/h1-2,4-5,7-9H,3,6H2,(H2,14,15). The van der Waals surface area contributed by atoms with Crippen molar-refractivity contribution in [2.24, 2.45) is 5.73 Å². The molecule has 1 aromatic heterocycles. The Bertz CT molecular complexity index is 459. The molecule has 0 bridgehead atoms. The second-order valence-electron chi connectivity index (χ2n) is 3.68. The molecule has 3 heteroatoms. The van der Waals surface area contributed by atoms with E-state index in [0.29, 0.717) is 6.42 Å². The van der Waals surface area contributed by atoms with Gasteiger partial charge in [-0.15, -0.1) is 0 Å². The Labute approximate surface area is 98.7 Å². The molecule has 16 heavy (non-hydrogen) atoms. The van der Waals surface area contributed by atoms with E-state index in [9.17, 15) is 4.79 Å².